The van der Waals surface area contributed by atoms with Gasteiger partial charge in [-0.15, -0.1) is 0 Å². The van der Waals surface area contributed by atoms with Crippen LogP contribution in [0, 0.1) is 17.5 Å². The summed E-state index contributed by atoms with van der Waals surface area (Å²) in [6.45, 7) is -0.908. The van der Waals surface area contributed by atoms with E-state index in [1.54, 1.807) is 30.3 Å². The Morgan fingerprint density at radius 1 is 0.854 bits per heavy atom. The fourth-order valence-corrected chi connectivity index (χ4v) is 4.20. The summed E-state index contributed by atoms with van der Waals surface area (Å²) in [7, 11) is 1.49. The third-order valence-electron chi connectivity index (χ3n) is 6.30. The van der Waals surface area contributed by atoms with Crippen molar-refractivity contribution in [3.05, 3.63) is 139 Å². The van der Waals surface area contributed by atoms with Crippen molar-refractivity contribution in [2.45, 2.75) is 13.1 Å². The van der Waals surface area contributed by atoms with Crippen LogP contribution >= 0.6 is 0 Å². The quantitative estimate of drug-likeness (QED) is 0.277. The first-order chi connectivity index (χ1) is 19.7. The fourth-order valence-electron chi connectivity index (χ4n) is 4.20. The van der Waals surface area contributed by atoms with Crippen LogP contribution in [0.5, 0.6) is 5.75 Å². The van der Waals surface area contributed by atoms with Gasteiger partial charge in [0, 0.05) is 17.4 Å². The first kappa shape index (κ1) is 27.2. The highest BCUT2D eigenvalue weighted by Gasteiger charge is 2.18. The molecule has 0 aliphatic carbocycles. The van der Waals surface area contributed by atoms with E-state index >= 15 is 0 Å². The topological polar surface area (TPSA) is 111 Å². The van der Waals surface area contributed by atoms with Crippen LogP contribution < -0.4 is 27.0 Å². The minimum absolute atomic E-state index is 0.0998. The number of H-pyrrole nitrogens is 1. The average molecular weight is 562 g/mol. The Kier molecular flexibility index (Phi) is 7.55. The third-order valence-corrected chi connectivity index (χ3v) is 6.30. The van der Waals surface area contributed by atoms with E-state index < -0.39 is 47.5 Å². The molecule has 41 heavy (non-hydrogen) atoms. The van der Waals surface area contributed by atoms with Gasteiger partial charge in [0.15, 0.2) is 17.5 Å². The van der Waals surface area contributed by atoms with Crippen LogP contribution in [0.3, 0.4) is 0 Å². The first-order valence-electron chi connectivity index (χ1n) is 12.3. The highest BCUT2D eigenvalue weighted by molar-refractivity contribution is 5.62. The number of hydrogen-bond donors (Lipinski definition) is 2. The number of pyridine rings is 1. The molecule has 0 saturated carbocycles. The zero-order valence-electron chi connectivity index (χ0n) is 21.5. The number of rotatable bonds is 8. The van der Waals surface area contributed by atoms with Crippen LogP contribution in [-0.4, -0.2) is 26.2 Å². The summed E-state index contributed by atoms with van der Waals surface area (Å²) in [6.07, 6.45) is 1.51. The van der Waals surface area contributed by atoms with Crippen molar-refractivity contribution < 1.29 is 17.9 Å². The predicted molar refractivity (Wildman–Crippen MR) is 146 cm³/mol. The molecular weight excluding hydrogens is 539 g/mol. The summed E-state index contributed by atoms with van der Waals surface area (Å²) in [4.78, 5) is 46.0. The van der Waals surface area contributed by atoms with Gasteiger partial charge in [0.05, 0.1) is 20.2 Å². The van der Waals surface area contributed by atoms with Crippen molar-refractivity contribution in [1.82, 2.24) is 19.1 Å². The summed E-state index contributed by atoms with van der Waals surface area (Å²) < 4.78 is 48.4. The van der Waals surface area contributed by atoms with Crippen LogP contribution in [0.25, 0.3) is 11.1 Å². The standard InChI is InChI=1S/C29H22F3N5O4/c1-41-22-9-7-21(8-10-22)34-27-35-28(39)37(29(40)36(27)15-17-11-23(30)25(32)24(31)12-17)16-20-13-19(14-33-26(20)38)18-5-3-2-4-6-18/h2-14H,15-16H2,1H3,(H,33,38)(H,34,35,39). The molecule has 5 rings (SSSR count). The SMILES string of the molecule is COc1ccc(Nc2nc(=O)n(Cc3cc(-c4ccccc4)c[nH]c3=O)c(=O)n2Cc2cc(F)c(F)c(F)c2)cc1. The second-order valence-electron chi connectivity index (χ2n) is 9.01. The second kappa shape index (κ2) is 11.4. The van der Waals surface area contributed by atoms with Crippen molar-refractivity contribution in [1.29, 1.82) is 0 Å². The molecule has 0 aliphatic heterocycles. The van der Waals surface area contributed by atoms with Gasteiger partial charge in [-0.2, -0.15) is 4.98 Å². The number of ether oxygens (including phenoxy) is 1. The van der Waals surface area contributed by atoms with E-state index in [0.717, 1.165) is 26.8 Å². The highest BCUT2D eigenvalue weighted by Crippen LogP contribution is 2.20. The number of anilines is 2. The molecule has 0 bridgehead atoms. The third kappa shape index (κ3) is 5.81. The zero-order valence-corrected chi connectivity index (χ0v) is 21.5. The molecule has 0 spiro atoms. The number of nitrogens with zero attached hydrogens (tertiary/aromatic N) is 3. The fraction of sp³-hybridized carbons (Fsp3) is 0.103. The molecule has 12 heteroatoms. The van der Waals surface area contributed by atoms with E-state index in [-0.39, 0.29) is 17.1 Å². The summed E-state index contributed by atoms with van der Waals surface area (Å²) in [5, 5.41) is 2.85. The Balaban J connectivity index is 1.60. The lowest BCUT2D eigenvalue weighted by Gasteiger charge is -2.16. The maximum Gasteiger partial charge on any atom is 0.355 e. The van der Waals surface area contributed by atoms with E-state index in [2.05, 4.69) is 15.3 Å². The van der Waals surface area contributed by atoms with Crippen LogP contribution in [0.15, 0.2) is 93.4 Å². The van der Waals surface area contributed by atoms with Gasteiger partial charge in [-0.05, 0) is 59.2 Å². The van der Waals surface area contributed by atoms with E-state index in [1.165, 1.54) is 13.3 Å². The van der Waals surface area contributed by atoms with Crippen molar-refractivity contribution >= 4 is 11.6 Å². The largest absolute Gasteiger partial charge is 0.497 e. The molecule has 0 fully saturated rings. The van der Waals surface area contributed by atoms with Gasteiger partial charge in [0.1, 0.15) is 5.75 Å². The molecule has 2 aromatic heterocycles. The van der Waals surface area contributed by atoms with Crippen molar-refractivity contribution in [3.63, 3.8) is 0 Å². The summed E-state index contributed by atoms with van der Waals surface area (Å²) in [5.41, 5.74) is -0.536. The number of aromatic nitrogens is 4. The van der Waals surface area contributed by atoms with Crippen LogP contribution in [-0.2, 0) is 13.1 Å². The van der Waals surface area contributed by atoms with E-state index in [4.69, 9.17) is 4.74 Å². The Bertz CT molecular complexity index is 1880. The lowest BCUT2D eigenvalue weighted by atomic mass is 10.1. The van der Waals surface area contributed by atoms with Crippen molar-refractivity contribution in [2.24, 2.45) is 0 Å². The normalized spacial score (nSPS) is 10.9. The molecule has 0 saturated heterocycles. The molecule has 2 N–H and O–H groups in total. The van der Waals surface area contributed by atoms with Gasteiger partial charge in [0.2, 0.25) is 5.95 Å². The van der Waals surface area contributed by atoms with Crippen molar-refractivity contribution in [3.8, 4) is 16.9 Å². The summed E-state index contributed by atoms with van der Waals surface area (Å²) in [6, 6.07) is 18.6. The van der Waals surface area contributed by atoms with Crippen LogP contribution in [0.4, 0.5) is 24.8 Å². The molecule has 0 atom stereocenters. The van der Waals surface area contributed by atoms with Crippen LogP contribution in [0.1, 0.15) is 11.1 Å². The number of halogens is 3. The number of methoxy groups -OCH3 is 1. The Labute approximate surface area is 230 Å². The molecule has 0 radical (unpaired) electrons. The predicted octanol–water partition coefficient (Wildman–Crippen LogP) is 4.03. The molecule has 3 aromatic carbocycles. The van der Waals surface area contributed by atoms with Gasteiger partial charge in [0.25, 0.3) is 5.56 Å². The molecule has 0 amide bonds. The smallest absolute Gasteiger partial charge is 0.355 e. The summed E-state index contributed by atoms with van der Waals surface area (Å²) in [5.74, 6) is -4.22. The van der Waals surface area contributed by atoms with Gasteiger partial charge in [-0.25, -0.2) is 27.3 Å². The van der Waals surface area contributed by atoms with Crippen molar-refractivity contribution in [2.75, 3.05) is 12.4 Å². The Hall–Kier alpha value is -5.39. The number of benzene rings is 3. The lowest BCUT2D eigenvalue weighted by Crippen LogP contribution is -2.43. The lowest BCUT2D eigenvalue weighted by molar-refractivity contribution is 0.415. The van der Waals surface area contributed by atoms with E-state index in [1.807, 2.05) is 30.3 Å². The van der Waals surface area contributed by atoms with E-state index in [9.17, 15) is 27.6 Å². The van der Waals surface area contributed by atoms with Gasteiger partial charge < -0.3 is 15.0 Å². The van der Waals surface area contributed by atoms with E-state index in [0.29, 0.717) is 17.0 Å². The number of nitrogens with one attached hydrogen (secondary N) is 2. The molecule has 208 valence electrons. The second-order valence-corrected chi connectivity index (χ2v) is 9.01. The van der Waals surface area contributed by atoms with Crippen LogP contribution in [0.2, 0.25) is 0 Å². The Morgan fingerprint density at radius 2 is 1.54 bits per heavy atom. The maximum atomic E-state index is 14.0. The van der Waals surface area contributed by atoms with Gasteiger partial charge >= 0.3 is 11.4 Å². The zero-order chi connectivity index (χ0) is 29.1. The van der Waals surface area contributed by atoms with Gasteiger partial charge in [-0.1, -0.05) is 30.3 Å². The van der Waals surface area contributed by atoms with Gasteiger partial charge in [-0.3, -0.25) is 9.36 Å². The summed E-state index contributed by atoms with van der Waals surface area (Å²) >= 11 is 0. The average Bonchev–Trinajstić information content (AvgIpc) is 2.97. The molecule has 2 heterocycles. The minimum Gasteiger partial charge on any atom is -0.497 e. The monoisotopic (exact) mass is 561 g/mol. The number of hydrogen-bond acceptors (Lipinski definition) is 6. The maximum absolute atomic E-state index is 14.0. The minimum atomic E-state index is -1.65. The highest BCUT2D eigenvalue weighted by atomic mass is 19.2. The molecule has 0 aliphatic rings. The number of aromatic amines is 1. The molecule has 5 aromatic rings. The molecule has 0 unspecified atom stereocenters. The Morgan fingerprint density at radius 3 is 2.20 bits per heavy atom. The molecule has 9 nitrogen and oxygen atoms in total. The first-order valence-corrected chi connectivity index (χ1v) is 12.3. The molecular formula is C29H22F3N5O4.